The highest BCUT2D eigenvalue weighted by Gasteiger charge is 2.01. The quantitative estimate of drug-likeness (QED) is 0.902. The van der Waals surface area contributed by atoms with Crippen molar-refractivity contribution in [3.63, 3.8) is 0 Å². The maximum absolute atomic E-state index is 8.80. The number of nitriles is 1. The highest BCUT2D eigenvalue weighted by atomic mass is 35.5. The first-order valence-electron chi connectivity index (χ1n) is 4.97. The molecular weight excluding hydrogens is 236 g/mol. The van der Waals surface area contributed by atoms with Crippen molar-refractivity contribution in [2.24, 2.45) is 0 Å². The third kappa shape index (κ3) is 2.92. The number of hydrogen-bond donors (Lipinski definition) is 1. The van der Waals surface area contributed by atoms with E-state index in [0.717, 1.165) is 11.3 Å². The molecule has 0 unspecified atom stereocenters. The first-order chi connectivity index (χ1) is 8.29. The Balaban J connectivity index is 2.12. The van der Waals surface area contributed by atoms with Crippen molar-refractivity contribution in [3.8, 4) is 6.07 Å². The summed E-state index contributed by atoms with van der Waals surface area (Å²) in [4.78, 5) is 7.83. The van der Waals surface area contributed by atoms with Crippen LogP contribution in [0.25, 0.3) is 0 Å². The summed E-state index contributed by atoms with van der Waals surface area (Å²) in [5.41, 5.74) is 2.25. The van der Waals surface area contributed by atoms with E-state index in [2.05, 4.69) is 21.4 Å². The maximum atomic E-state index is 8.80. The Morgan fingerprint density at radius 3 is 2.76 bits per heavy atom. The average molecular weight is 245 g/mol. The van der Waals surface area contributed by atoms with Crippen LogP contribution in [0.3, 0.4) is 0 Å². The molecule has 1 N–H and O–H groups in total. The van der Waals surface area contributed by atoms with Crippen LogP contribution in [-0.4, -0.2) is 9.97 Å². The Bertz CT molecular complexity index is 548. The lowest BCUT2D eigenvalue weighted by Crippen LogP contribution is -2.01. The maximum Gasteiger partial charge on any atom is 0.115 e. The summed E-state index contributed by atoms with van der Waals surface area (Å²) in [5.74, 6) is 0. The van der Waals surface area contributed by atoms with E-state index in [1.165, 1.54) is 6.33 Å². The van der Waals surface area contributed by atoms with Crippen LogP contribution in [-0.2, 0) is 6.54 Å². The van der Waals surface area contributed by atoms with E-state index < -0.39 is 0 Å². The summed E-state index contributed by atoms with van der Waals surface area (Å²) in [6.45, 7) is 0.565. The number of anilines is 1. The summed E-state index contributed by atoms with van der Waals surface area (Å²) in [6, 6.07) is 7.16. The third-order valence-electron chi connectivity index (χ3n) is 2.19. The molecule has 2 aromatic rings. The topological polar surface area (TPSA) is 61.6 Å². The Morgan fingerprint density at radius 2 is 2.06 bits per heavy atom. The highest BCUT2D eigenvalue weighted by molar-refractivity contribution is 6.33. The molecule has 0 atom stereocenters. The van der Waals surface area contributed by atoms with Crippen LogP contribution in [0.15, 0.2) is 36.9 Å². The SMILES string of the molecule is N#Cc1ccc(Cl)c(NCc2cncnc2)c1. The molecule has 0 aliphatic heterocycles. The van der Waals surface area contributed by atoms with Crippen molar-refractivity contribution in [2.75, 3.05) is 5.32 Å². The molecular formula is C12H9ClN4. The molecule has 1 aromatic carbocycles. The Morgan fingerprint density at radius 1 is 1.29 bits per heavy atom. The van der Waals surface area contributed by atoms with Gasteiger partial charge in [0.25, 0.3) is 0 Å². The molecule has 0 saturated heterocycles. The van der Waals surface area contributed by atoms with E-state index in [0.29, 0.717) is 17.1 Å². The van der Waals surface area contributed by atoms with Crippen molar-refractivity contribution in [3.05, 3.63) is 53.1 Å². The van der Waals surface area contributed by atoms with Crippen LogP contribution >= 0.6 is 11.6 Å². The standard InChI is InChI=1S/C12H9ClN4/c13-11-2-1-9(4-14)3-12(11)17-7-10-5-15-8-16-6-10/h1-3,5-6,8,17H,7H2. The second-order valence-electron chi connectivity index (χ2n) is 3.41. The fourth-order valence-corrected chi connectivity index (χ4v) is 1.53. The van der Waals surface area contributed by atoms with Gasteiger partial charge in [-0.25, -0.2) is 9.97 Å². The van der Waals surface area contributed by atoms with Gasteiger partial charge in [0.05, 0.1) is 22.3 Å². The number of rotatable bonds is 3. The predicted octanol–water partition coefficient (Wildman–Crippen LogP) is 2.61. The summed E-state index contributed by atoms with van der Waals surface area (Å²) in [7, 11) is 0. The molecule has 0 aliphatic rings. The van der Waals surface area contributed by atoms with Crippen LogP contribution in [0, 0.1) is 11.3 Å². The molecule has 0 amide bonds. The van der Waals surface area contributed by atoms with Gasteiger partial charge in [0.15, 0.2) is 0 Å². The van der Waals surface area contributed by atoms with Gasteiger partial charge in [-0.15, -0.1) is 0 Å². The van der Waals surface area contributed by atoms with Gasteiger partial charge in [-0.1, -0.05) is 11.6 Å². The molecule has 2 rings (SSSR count). The van der Waals surface area contributed by atoms with Gasteiger partial charge >= 0.3 is 0 Å². The van der Waals surface area contributed by atoms with Crippen LogP contribution in [0.4, 0.5) is 5.69 Å². The van der Waals surface area contributed by atoms with Gasteiger partial charge in [-0.2, -0.15) is 5.26 Å². The molecule has 0 spiro atoms. The minimum Gasteiger partial charge on any atom is -0.380 e. The first kappa shape index (κ1) is 11.4. The van der Waals surface area contributed by atoms with Crippen LogP contribution in [0.1, 0.15) is 11.1 Å². The summed E-state index contributed by atoms with van der Waals surface area (Å²) < 4.78 is 0. The zero-order valence-corrected chi connectivity index (χ0v) is 9.65. The Hall–Kier alpha value is -2.12. The van der Waals surface area contributed by atoms with Crippen molar-refractivity contribution in [2.45, 2.75) is 6.54 Å². The molecule has 1 aromatic heterocycles. The first-order valence-corrected chi connectivity index (χ1v) is 5.35. The predicted molar refractivity (Wildman–Crippen MR) is 65.5 cm³/mol. The van der Waals surface area contributed by atoms with Gasteiger partial charge in [-0.05, 0) is 18.2 Å². The van der Waals surface area contributed by atoms with Crippen LogP contribution < -0.4 is 5.32 Å². The van der Waals surface area contributed by atoms with Gasteiger partial charge in [-0.3, -0.25) is 0 Å². The van der Waals surface area contributed by atoms with Gasteiger partial charge < -0.3 is 5.32 Å². The molecule has 0 radical (unpaired) electrons. The molecule has 84 valence electrons. The smallest absolute Gasteiger partial charge is 0.115 e. The largest absolute Gasteiger partial charge is 0.380 e. The number of hydrogen-bond acceptors (Lipinski definition) is 4. The van der Waals surface area contributed by atoms with Gasteiger partial charge in [0, 0.05) is 24.5 Å². The van der Waals surface area contributed by atoms with E-state index in [1.807, 2.05) is 0 Å². The van der Waals surface area contributed by atoms with Crippen molar-refractivity contribution in [1.29, 1.82) is 5.26 Å². The number of aromatic nitrogens is 2. The monoisotopic (exact) mass is 244 g/mol. The molecule has 5 heteroatoms. The molecule has 0 fully saturated rings. The molecule has 1 heterocycles. The molecule has 4 nitrogen and oxygen atoms in total. The molecule has 0 saturated carbocycles. The second kappa shape index (κ2) is 5.28. The van der Waals surface area contributed by atoms with E-state index in [9.17, 15) is 0 Å². The molecule has 0 aliphatic carbocycles. The molecule has 0 bridgehead atoms. The van der Waals surface area contributed by atoms with Crippen molar-refractivity contribution in [1.82, 2.24) is 9.97 Å². The van der Waals surface area contributed by atoms with E-state index in [4.69, 9.17) is 16.9 Å². The zero-order chi connectivity index (χ0) is 12.1. The normalized spacial score (nSPS) is 9.65. The lowest BCUT2D eigenvalue weighted by atomic mass is 10.2. The zero-order valence-electron chi connectivity index (χ0n) is 8.89. The number of halogens is 1. The van der Waals surface area contributed by atoms with E-state index >= 15 is 0 Å². The van der Waals surface area contributed by atoms with Crippen molar-refractivity contribution >= 4 is 17.3 Å². The van der Waals surface area contributed by atoms with E-state index in [1.54, 1.807) is 30.6 Å². The fourth-order valence-electron chi connectivity index (χ4n) is 1.35. The van der Waals surface area contributed by atoms with Gasteiger partial charge in [0.2, 0.25) is 0 Å². The minimum absolute atomic E-state index is 0.565. The lowest BCUT2D eigenvalue weighted by Gasteiger charge is -2.08. The number of nitrogens with one attached hydrogen (secondary N) is 1. The van der Waals surface area contributed by atoms with Crippen LogP contribution in [0.2, 0.25) is 5.02 Å². The van der Waals surface area contributed by atoms with Crippen LogP contribution in [0.5, 0.6) is 0 Å². The third-order valence-corrected chi connectivity index (χ3v) is 2.52. The van der Waals surface area contributed by atoms with Crippen molar-refractivity contribution < 1.29 is 0 Å². The summed E-state index contributed by atoms with van der Waals surface area (Å²) in [6.07, 6.45) is 4.93. The van der Waals surface area contributed by atoms with E-state index in [-0.39, 0.29) is 0 Å². The lowest BCUT2D eigenvalue weighted by molar-refractivity contribution is 1.05. The summed E-state index contributed by atoms with van der Waals surface area (Å²) in [5, 5.41) is 12.5. The van der Waals surface area contributed by atoms with Gasteiger partial charge in [0.1, 0.15) is 6.33 Å². The second-order valence-corrected chi connectivity index (χ2v) is 3.81. The minimum atomic E-state index is 0.565. The Kier molecular flexibility index (Phi) is 3.53. The highest BCUT2D eigenvalue weighted by Crippen LogP contribution is 2.23. The summed E-state index contributed by atoms with van der Waals surface area (Å²) >= 11 is 6.02. The number of nitrogens with zero attached hydrogens (tertiary/aromatic N) is 3. The average Bonchev–Trinajstić information content (AvgIpc) is 2.39. The fraction of sp³-hybridized carbons (Fsp3) is 0.0833. The Labute approximate surface area is 104 Å². The molecule has 17 heavy (non-hydrogen) atoms. The number of benzene rings is 1.